The normalized spacial score (nSPS) is 15.9. The summed E-state index contributed by atoms with van der Waals surface area (Å²) in [5, 5.41) is 2.57. The van der Waals surface area contributed by atoms with Crippen LogP contribution in [0.3, 0.4) is 0 Å². The van der Waals surface area contributed by atoms with Gasteiger partial charge in [0.05, 0.1) is 11.3 Å². The number of nitrogens with zero attached hydrogens (tertiary/aromatic N) is 2. The lowest BCUT2D eigenvalue weighted by atomic mass is 9.82. The number of halogens is 1. The van der Waals surface area contributed by atoms with E-state index in [0.29, 0.717) is 24.1 Å². The predicted molar refractivity (Wildman–Crippen MR) is 98.2 cm³/mol. The second-order valence-electron chi connectivity index (χ2n) is 6.46. The summed E-state index contributed by atoms with van der Waals surface area (Å²) in [5.41, 5.74) is 2.37. The van der Waals surface area contributed by atoms with Crippen LogP contribution in [0.25, 0.3) is 0 Å². The quantitative estimate of drug-likeness (QED) is 0.771. The van der Waals surface area contributed by atoms with Gasteiger partial charge in [0.25, 0.3) is 5.91 Å². The lowest BCUT2D eigenvalue weighted by Crippen LogP contribution is -2.22. The van der Waals surface area contributed by atoms with Crippen LogP contribution >= 0.6 is 0 Å². The molecule has 0 aliphatic heterocycles. The van der Waals surface area contributed by atoms with Gasteiger partial charge in [-0.2, -0.15) is 0 Å². The number of benzene rings is 2. The molecule has 0 fully saturated rings. The molecule has 2 aromatic carbocycles. The van der Waals surface area contributed by atoms with Crippen molar-refractivity contribution in [2.45, 2.75) is 18.8 Å². The fourth-order valence-electron chi connectivity index (χ4n) is 3.27. The molecule has 0 saturated carbocycles. The molecule has 0 unspecified atom stereocenters. The van der Waals surface area contributed by atoms with E-state index in [-0.39, 0.29) is 23.2 Å². The topological polar surface area (TPSA) is 72.0 Å². The summed E-state index contributed by atoms with van der Waals surface area (Å²) < 4.78 is 13.3. The van der Waals surface area contributed by atoms with Crippen LogP contribution in [-0.4, -0.2) is 21.7 Å². The van der Waals surface area contributed by atoms with E-state index in [1.54, 1.807) is 0 Å². The molecule has 1 heterocycles. The van der Waals surface area contributed by atoms with Crippen LogP contribution in [0.5, 0.6) is 0 Å². The monoisotopic (exact) mass is 361 g/mol. The molecule has 0 spiro atoms. The maximum atomic E-state index is 13.3. The van der Waals surface area contributed by atoms with Crippen LogP contribution in [0.15, 0.2) is 60.8 Å². The molecular formula is C21H16FN3O2. The first-order chi connectivity index (χ1) is 13.1. The SMILES string of the molecule is O=C(Nc1ncc2c(n1)C[C@H](c1ccccc1)CC2=O)c1cccc(F)c1. The molecule has 0 bridgehead atoms. The van der Waals surface area contributed by atoms with Crippen LogP contribution in [0, 0.1) is 5.82 Å². The number of carbonyl (C=O) groups is 2. The molecule has 27 heavy (non-hydrogen) atoms. The number of amides is 1. The van der Waals surface area contributed by atoms with Gasteiger partial charge in [-0.25, -0.2) is 14.4 Å². The van der Waals surface area contributed by atoms with Crippen molar-refractivity contribution in [3.63, 3.8) is 0 Å². The molecule has 134 valence electrons. The Morgan fingerprint density at radius 1 is 1.07 bits per heavy atom. The third kappa shape index (κ3) is 3.60. The standard InChI is InChI=1S/C21H16FN3O2/c22-16-8-4-7-14(9-16)20(27)25-21-23-12-17-18(24-21)10-15(11-19(17)26)13-5-2-1-3-6-13/h1-9,12,15H,10-11H2,(H,23,24,25,27)/t15-/m0/s1. The minimum absolute atomic E-state index is 0.00638. The number of carbonyl (C=O) groups excluding carboxylic acids is 2. The number of nitrogens with one attached hydrogen (secondary N) is 1. The molecule has 0 radical (unpaired) electrons. The molecule has 1 atom stereocenters. The van der Waals surface area contributed by atoms with Crippen LogP contribution in [0.4, 0.5) is 10.3 Å². The summed E-state index contributed by atoms with van der Waals surface area (Å²) in [6.07, 6.45) is 2.46. The van der Waals surface area contributed by atoms with Crippen molar-refractivity contribution in [2.24, 2.45) is 0 Å². The second kappa shape index (κ2) is 7.07. The number of rotatable bonds is 3. The average Bonchev–Trinajstić information content (AvgIpc) is 2.68. The Balaban J connectivity index is 1.58. The van der Waals surface area contributed by atoms with E-state index >= 15 is 0 Å². The van der Waals surface area contributed by atoms with Crippen LogP contribution in [0.1, 0.15) is 44.3 Å². The van der Waals surface area contributed by atoms with E-state index in [0.717, 1.165) is 11.6 Å². The Morgan fingerprint density at radius 3 is 2.67 bits per heavy atom. The molecule has 4 rings (SSSR count). The van der Waals surface area contributed by atoms with Gasteiger partial charge < -0.3 is 0 Å². The van der Waals surface area contributed by atoms with Crippen molar-refractivity contribution in [1.82, 2.24) is 9.97 Å². The largest absolute Gasteiger partial charge is 0.294 e. The van der Waals surface area contributed by atoms with Gasteiger partial charge in [0.2, 0.25) is 5.95 Å². The molecule has 0 saturated heterocycles. The molecular weight excluding hydrogens is 345 g/mol. The van der Waals surface area contributed by atoms with E-state index in [4.69, 9.17) is 0 Å². The second-order valence-corrected chi connectivity index (χ2v) is 6.46. The van der Waals surface area contributed by atoms with Crippen molar-refractivity contribution < 1.29 is 14.0 Å². The van der Waals surface area contributed by atoms with Crippen molar-refractivity contribution in [3.05, 3.63) is 89.0 Å². The lowest BCUT2D eigenvalue weighted by molar-refractivity contribution is 0.0962. The van der Waals surface area contributed by atoms with E-state index in [2.05, 4.69) is 15.3 Å². The van der Waals surface area contributed by atoms with Gasteiger partial charge in [-0.1, -0.05) is 36.4 Å². The maximum Gasteiger partial charge on any atom is 0.258 e. The minimum atomic E-state index is -0.504. The summed E-state index contributed by atoms with van der Waals surface area (Å²) in [6, 6.07) is 15.2. The number of ketones is 1. The Labute approximate surface area is 155 Å². The zero-order valence-corrected chi connectivity index (χ0v) is 14.4. The van der Waals surface area contributed by atoms with Gasteiger partial charge in [0.1, 0.15) is 5.82 Å². The van der Waals surface area contributed by atoms with E-state index in [1.807, 2.05) is 30.3 Å². The number of hydrogen-bond acceptors (Lipinski definition) is 4. The molecule has 1 N–H and O–H groups in total. The fourth-order valence-corrected chi connectivity index (χ4v) is 3.27. The highest BCUT2D eigenvalue weighted by Gasteiger charge is 2.28. The Hall–Kier alpha value is -3.41. The number of Topliss-reactive ketones (excluding diaryl/α,β-unsaturated/α-hetero) is 1. The van der Waals surface area contributed by atoms with Crippen molar-refractivity contribution >= 4 is 17.6 Å². The summed E-state index contributed by atoms with van der Waals surface area (Å²) in [5.74, 6) is -0.855. The first-order valence-corrected chi connectivity index (χ1v) is 8.61. The third-order valence-corrected chi connectivity index (χ3v) is 4.62. The number of aromatic nitrogens is 2. The van der Waals surface area contributed by atoms with Gasteiger partial charge in [0, 0.05) is 18.2 Å². The highest BCUT2D eigenvalue weighted by Crippen LogP contribution is 2.31. The Bertz CT molecular complexity index is 1020. The van der Waals surface area contributed by atoms with Gasteiger partial charge in [-0.3, -0.25) is 14.9 Å². The first-order valence-electron chi connectivity index (χ1n) is 8.61. The third-order valence-electron chi connectivity index (χ3n) is 4.62. The number of fused-ring (bicyclic) bond motifs is 1. The fraction of sp³-hybridized carbons (Fsp3) is 0.143. The predicted octanol–water partition coefficient (Wildman–Crippen LogP) is 3.78. The van der Waals surface area contributed by atoms with Crippen LogP contribution < -0.4 is 5.32 Å². The zero-order valence-electron chi connectivity index (χ0n) is 14.4. The molecule has 1 amide bonds. The minimum Gasteiger partial charge on any atom is -0.294 e. The molecule has 6 heteroatoms. The summed E-state index contributed by atoms with van der Waals surface area (Å²) in [7, 11) is 0. The molecule has 1 aromatic heterocycles. The van der Waals surface area contributed by atoms with Crippen molar-refractivity contribution in [1.29, 1.82) is 0 Å². The highest BCUT2D eigenvalue weighted by molar-refractivity contribution is 6.03. The number of hydrogen-bond donors (Lipinski definition) is 1. The van der Waals surface area contributed by atoms with Gasteiger partial charge in [0.15, 0.2) is 5.78 Å². The van der Waals surface area contributed by atoms with E-state index in [1.165, 1.54) is 24.4 Å². The van der Waals surface area contributed by atoms with Crippen LogP contribution in [0.2, 0.25) is 0 Å². The van der Waals surface area contributed by atoms with E-state index < -0.39 is 11.7 Å². The smallest absolute Gasteiger partial charge is 0.258 e. The van der Waals surface area contributed by atoms with E-state index in [9.17, 15) is 14.0 Å². The molecule has 1 aliphatic carbocycles. The van der Waals surface area contributed by atoms with Crippen molar-refractivity contribution in [2.75, 3.05) is 5.32 Å². The average molecular weight is 361 g/mol. The number of anilines is 1. The maximum absolute atomic E-state index is 13.3. The molecule has 1 aliphatic rings. The van der Waals surface area contributed by atoms with Crippen molar-refractivity contribution in [3.8, 4) is 0 Å². The Morgan fingerprint density at radius 2 is 1.89 bits per heavy atom. The summed E-state index contributed by atoms with van der Waals surface area (Å²) in [6.45, 7) is 0. The first kappa shape index (κ1) is 17.0. The summed E-state index contributed by atoms with van der Waals surface area (Å²) >= 11 is 0. The molecule has 5 nitrogen and oxygen atoms in total. The Kier molecular flexibility index (Phi) is 4.46. The van der Waals surface area contributed by atoms with Gasteiger partial charge in [-0.15, -0.1) is 0 Å². The van der Waals surface area contributed by atoms with Gasteiger partial charge in [-0.05, 0) is 36.1 Å². The molecule has 3 aromatic rings. The van der Waals surface area contributed by atoms with Gasteiger partial charge >= 0.3 is 0 Å². The zero-order chi connectivity index (χ0) is 18.8. The van der Waals surface area contributed by atoms with Crippen LogP contribution in [-0.2, 0) is 6.42 Å². The lowest BCUT2D eigenvalue weighted by Gasteiger charge is -2.23. The highest BCUT2D eigenvalue weighted by atomic mass is 19.1. The summed E-state index contributed by atoms with van der Waals surface area (Å²) in [4.78, 5) is 33.2.